The van der Waals surface area contributed by atoms with Crippen LogP contribution in [0.25, 0.3) is 0 Å². The summed E-state index contributed by atoms with van der Waals surface area (Å²) < 4.78 is 19.1. The quantitative estimate of drug-likeness (QED) is 0.385. The predicted molar refractivity (Wildman–Crippen MR) is 134 cm³/mol. The summed E-state index contributed by atoms with van der Waals surface area (Å²) in [6, 6.07) is 22.4. The minimum absolute atomic E-state index is 0.230. The molecule has 5 heteroatoms. The van der Waals surface area contributed by atoms with Gasteiger partial charge in [0.25, 0.3) is 0 Å². The molecule has 174 valence electrons. The monoisotopic (exact) mass is 465 g/mol. The van der Waals surface area contributed by atoms with Gasteiger partial charge in [0.15, 0.2) is 0 Å². The first kappa shape index (κ1) is 23.6. The van der Waals surface area contributed by atoms with Crippen molar-refractivity contribution in [2.75, 3.05) is 11.9 Å². The Morgan fingerprint density at radius 3 is 2.48 bits per heavy atom. The van der Waals surface area contributed by atoms with Crippen LogP contribution in [0.15, 0.2) is 66.7 Å². The lowest BCUT2D eigenvalue weighted by Gasteiger charge is -2.44. The maximum atomic E-state index is 6.44. The molecule has 4 rings (SSSR count). The highest BCUT2D eigenvalue weighted by Crippen LogP contribution is 2.44. The Balaban J connectivity index is 1.55. The summed E-state index contributed by atoms with van der Waals surface area (Å²) in [4.78, 5) is 0. The van der Waals surface area contributed by atoms with Crippen LogP contribution < -0.4 is 10.1 Å². The first-order valence-electron chi connectivity index (χ1n) is 11.5. The van der Waals surface area contributed by atoms with Crippen molar-refractivity contribution in [3.05, 3.63) is 94.0 Å². The highest BCUT2D eigenvalue weighted by Gasteiger charge is 2.45. The van der Waals surface area contributed by atoms with Gasteiger partial charge in [-0.3, -0.25) is 0 Å². The summed E-state index contributed by atoms with van der Waals surface area (Å²) in [6.45, 7) is 10.00. The van der Waals surface area contributed by atoms with Gasteiger partial charge >= 0.3 is 0 Å². The van der Waals surface area contributed by atoms with E-state index in [1.807, 2.05) is 37.3 Å². The fraction of sp³-hybridized carbons (Fsp3) is 0.357. The third kappa shape index (κ3) is 5.70. The lowest BCUT2D eigenvalue weighted by molar-refractivity contribution is -0.165. The minimum Gasteiger partial charge on any atom is -0.485 e. The van der Waals surface area contributed by atoms with E-state index in [0.717, 1.165) is 33.1 Å². The van der Waals surface area contributed by atoms with E-state index in [0.29, 0.717) is 19.8 Å². The van der Waals surface area contributed by atoms with Gasteiger partial charge < -0.3 is 19.5 Å². The zero-order valence-electron chi connectivity index (χ0n) is 19.7. The van der Waals surface area contributed by atoms with Crippen LogP contribution in [-0.4, -0.2) is 18.3 Å². The molecule has 0 amide bonds. The molecule has 0 saturated carbocycles. The smallest absolute Gasteiger partial charge is 0.132 e. The van der Waals surface area contributed by atoms with Crippen molar-refractivity contribution >= 4 is 17.3 Å². The molecule has 3 aromatic carbocycles. The number of nitrogens with one attached hydrogen (secondary N) is 1. The minimum atomic E-state index is -0.534. The van der Waals surface area contributed by atoms with Gasteiger partial charge in [0, 0.05) is 29.4 Å². The molecule has 4 nitrogen and oxygen atoms in total. The number of hydrogen-bond donors (Lipinski definition) is 1. The Hall–Kier alpha value is -2.53. The molecule has 0 aliphatic carbocycles. The topological polar surface area (TPSA) is 39.7 Å². The first-order valence-corrected chi connectivity index (χ1v) is 11.8. The molecule has 0 radical (unpaired) electrons. The average molecular weight is 466 g/mol. The standard InChI is InChI=1S/C28H32ClNO3/c1-5-31-26-24-16-23(30-17-21-7-6-8-22(29)15-21)13-14-25(24)33-28(3,4)27(26)32-18-20-11-9-19(2)10-12-20/h6-16,26-27,30H,5,17-18H2,1-4H3. The van der Waals surface area contributed by atoms with E-state index < -0.39 is 5.60 Å². The van der Waals surface area contributed by atoms with Crippen molar-refractivity contribution in [1.82, 2.24) is 0 Å². The SMILES string of the molecule is CCOC1c2cc(NCc3cccc(Cl)c3)ccc2OC(C)(C)C1OCc1ccc(C)cc1. The van der Waals surface area contributed by atoms with Crippen LogP contribution in [0.1, 0.15) is 49.1 Å². The van der Waals surface area contributed by atoms with Crippen molar-refractivity contribution in [3.8, 4) is 5.75 Å². The number of ether oxygens (including phenoxy) is 3. The maximum Gasteiger partial charge on any atom is 0.132 e. The van der Waals surface area contributed by atoms with Crippen molar-refractivity contribution < 1.29 is 14.2 Å². The normalized spacial score (nSPS) is 18.9. The van der Waals surface area contributed by atoms with Crippen LogP contribution in [0.5, 0.6) is 5.75 Å². The summed E-state index contributed by atoms with van der Waals surface area (Å²) in [7, 11) is 0. The summed E-state index contributed by atoms with van der Waals surface area (Å²) in [5, 5.41) is 4.23. The number of hydrogen-bond acceptors (Lipinski definition) is 4. The van der Waals surface area contributed by atoms with E-state index in [-0.39, 0.29) is 12.2 Å². The van der Waals surface area contributed by atoms with Gasteiger partial charge in [-0.2, -0.15) is 0 Å². The fourth-order valence-corrected chi connectivity index (χ4v) is 4.42. The molecule has 0 spiro atoms. The van der Waals surface area contributed by atoms with E-state index in [4.69, 9.17) is 25.8 Å². The molecule has 0 fully saturated rings. The maximum absolute atomic E-state index is 6.44. The highest BCUT2D eigenvalue weighted by atomic mass is 35.5. The van der Waals surface area contributed by atoms with E-state index in [9.17, 15) is 0 Å². The van der Waals surface area contributed by atoms with E-state index in [1.165, 1.54) is 5.56 Å². The second-order valence-electron chi connectivity index (χ2n) is 9.03. The molecule has 0 saturated heterocycles. The largest absolute Gasteiger partial charge is 0.485 e. The molecule has 0 aromatic heterocycles. The molecule has 2 unspecified atom stereocenters. The Bertz CT molecular complexity index is 1080. The second-order valence-corrected chi connectivity index (χ2v) is 9.47. The number of benzene rings is 3. The Labute approximate surface area is 201 Å². The summed E-state index contributed by atoms with van der Waals surface area (Å²) in [5.74, 6) is 0.835. The van der Waals surface area contributed by atoms with Gasteiger partial charge in [0.05, 0.1) is 6.61 Å². The van der Waals surface area contributed by atoms with Gasteiger partial charge in [0.1, 0.15) is 23.6 Å². The summed E-state index contributed by atoms with van der Waals surface area (Å²) in [6.07, 6.45) is -0.485. The molecular weight excluding hydrogens is 434 g/mol. The number of fused-ring (bicyclic) bond motifs is 1. The van der Waals surface area contributed by atoms with Gasteiger partial charge in [-0.1, -0.05) is 53.6 Å². The molecular formula is C28H32ClNO3. The van der Waals surface area contributed by atoms with Crippen LogP contribution in [0.3, 0.4) is 0 Å². The third-order valence-corrected chi connectivity index (χ3v) is 6.17. The second kappa shape index (κ2) is 10.2. The van der Waals surface area contributed by atoms with Crippen LogP contribution in [-0.2, 0) is 22.6 Å². The summed E-state index contributed by atoms with van der Waals surface area (Å²) in [5.41, 5.74) is 4.96. The number of rotatable bonds is 8. The van der Waals surface area contributed by atoms with Gasteiger partial charge in [0.2, 0.25) is 0 Å². The average Bonchev–Trinajstić information content (AvgIpc) is 2.78. The van der Waals surface area contributed by atoms with E-state index in [2.05, 4.69) is 62.5 Å². The fourth-order valence-electron chi connectivity index (χ4n) is 4.21. The van der Waals surface area contributed by atoms with Crippen molar-refractivity contribution in [1.29, 1.82) is 0 Å². The first-order chi connectivity index (χ1) is 15.9. The lowest BCUT2D eigenvalue weighted by atomic mass is 9.87. The molecule has 1 heterocycles. The Morgan fingerprint density at radius 1 is 0.970 bits per heavy atom. The van der Waals surface area contributed by atoms with Gasteiger partial charge in [-0.05, 0) is 69.2 Å². The van der Waals surface area contributed by atoms with Crippen molar-refractivity contribution in [3.63, 3.8) is 0 Å². The molecule has 2 atom stereocenters. The number of anilines is 1. The molecule has 1 aliphatic heterocycles. The van der Waals surface area contributed by atoms with E-state index >= 15 is 0 Å². The molecule has 0 bridgehead atoms. The van der Waals surface area contributed by atoms with E-state index in [1.54, 1.807) is 0 Å². The van der Waals surface area contributed by atoms with Crippen LogP contribution in [0.4, 0.5) is 5.69 Å². The van der Waals surface area contributed by atoms with Crippen molar-refractivity contribution in [2.45, 2.75) is 58.7 Å². The van der Waals surface area contributed by atoms with Gasteiger partial charge in [-0.15, -0.1) is 0 Å². The number of aryl methyl sites for hydroxylation is 1. The molecule has 1 aliphatic rings. The predicted octanol–water partition coefficient (Wildman–Crippen LogP) is 7.09. The molecule has 1 N–H and O–H groups in total. The zero-order chi connectivity index (χ0) is 23.4. The van der Waals surface area contributed by atoms with Crippen LogP contribution in [0.2, 0.25) is 5.02 Å². The summed E-state index contributed by atoms with van der Waals surface area (Å²) >= 11 is 6.12. The number of halogens is 1. The Kier molecular flexibility index (Phi) is 7.28. The Morgan fingerprint density at radius 2 is 1.76 bits per heavy atom. The van der Waals surface area contributed by atoms with Crippen LogP contribution >= 0.6 is 11.6 Å². The molecule has 33 heavy (non-hydrogen) atoms. The van der Waals surface area contributed by atoms with Crippen LogP contribution in [0, 0.1) is 6.92 Å². The highest BCUT2D eigenvalue weighted by molar-refractivity contribution is 6.30. The van der Waals surface area contributed by atoms with Gasteiger partial charge in [-0.25, -0.2) is 0 Å². The molecule has 3 aromatic rings. The van der Waals surface area contributed by atoms with Crippen molar-refractivity contribution in [2.24, 2.45) is 0 Å². The lowest BCUT2D eigenvalue weighted by Crippen LogP contribution is -2.51. The third-order valence-electron chi connectivity index (χ3n) is 5.93. The zero-order valence-corrected chi connectivity index (χ0v) is 20.5.